The first-order valence-electron chi connectivity index (χ1n) is 9.14. The molecule has 0 unspecified atom stereocenters. The maximum Gasteiger partial charge on any atom is 0.251 e. The molecule has 2 aromatic carbocycles. The number of nitrogens with one attached hydrogen (secondary N) is 1. The number of nitrogens with zero attached hydrogens (tertiary/aromatic N) is 2. The number of likely N-dealkylation sites (N-methyl/N-ethyl adjacent to an activating group) is 1. The largest absolute Gasteiger partial charge is 0.497 e. The Hall–Kier alpha value is -3.19. The summed E-state index contributed by atoms with van der Waals surface area (Å²) in [4.78, 5) is 30.4. The third-order valence-electron chi connectivity index (χ3n) is 4.51. The summed E-state index contributed by atoms with van der Waals surface area (Å²) in [6.07, 6.45) is 0.249. The van der Waals surface area contributed by atoms with Crippen LogP contribution in [0.1, 0.15) is 21.6 Å². The van der Waals surface area contributed by atoms with Gasteiger partial charge in [0.2, 0.25) is 5.91 Å². The molecule has 1 N–H and O–H groups in total. The number of amides is 2. The molecule has 0 saturated heterocycles. The van der Waals surface area contributed by atoms with Crippen molar-refractivity contribution in [1.29, 1.82) is 0 Å². The van der Waals surface area contributed by atoms with Crippen molar-refractivity contribution in [3.05, 3.63) is 70.7 Å². The minimum absolute atomic E-state index is 0.00745. The Morgan fingerprint density at radius 2 is 1.79 bits per heavy atom. The third-order valence-corrected chi connectivity index (χ3v) is 5.45. The maximum absolute atomic E-state index is 12.6. The van der Waals surface area contributed by atoms with E-state index in [1.807, 2.05) is 41.8 Å². The van der Waals surface area contributed by atoms with Gasteiger partial charge in [0.15, 0.2) is 0 Å². The van der Waals surface area contributed by atoms with Crippen LogP contribution in [0.4, 0.5) is 0 Å². The molecule has 6 nitrogen and oxygen atoms in total. The summed E-state index contributed by atoms with van der Waals surface area (Å²) < 4.78 is 5.17. The molecule has 0 radical (unpaired) electrons. The van der Waals surface area contributed by atoms with Crippen LogP contribution in [0.15, 0.2) is 53.9 Å². The minimum atomic E-state index is -0.128. The van der Waals surface area contributed by atoms with E-state index in [0.29, 0.717) is 12.1 Å². The van der Waals surface area contributed by atoms with Crippen LogP contribution in [0.2, 0.25) is 0 Å². The first-order chi connectivity index (χ1) is 14.0. The van der Waals surface area contributed by atoms with Gasteiger partial charge >= 0.3 is 0 Å². The molecule has 2 amide bonds. The molecule has 3 rings (SSSR count). The Balaban J connectivity index is 1.59. The maximum atomic E-state index is 12.6. The molecule has 3 aromatic rings. The molecule has 0 atom stereocenters. The normalized spacial score (nSPS) is 10.4. The van der Waals surface area contributed by atoms with Gasteiger partial charge in [-0.15, -0.1) is 11.3 Å². The van der Waals surface area contributed by atoms with Crippen LogP contribution in [0, 0.1) is 0 Å². The Morgan fingerprint density at radius 3 is 2.41 bits per heavy atom. The molecule has 29 heavy (non-hydrogen) atoms. The lowest BCUT2D eigenvalue weighted by atomic mass is 10.1. The highest BCUT2D eigenvalue weighted by Gasteiger charge is 2.14. The molecule has 1 aromatic heterocycles. The van der Waals surface area contributed by atoms with Crippen molar-refractivity contribution in [2.24, 2.45) is 0 Å². The highest BCUT2D eigenvalue weighted by Crippen LogP contribution is 2.26. The van der Waals surface area contributed by atoms with Gasteiger partial charge in [-0.3, -0.25) is 9.59 Å². The van der Waals surface area contributed by atoms with E-state index in [1.54, 1.807) is 38.2 Å². The SMILES string of the molecule is CNC(=O)c1ccc(CN(C)C(=O)Cc2csc(-c3ccc(OC)cc3)n2)cc1. The second-order valence-corrected chi connectivity index (χ2v) is 7.43. The minimum Gasteiger partial charge on any atom is -0.497 e. The Morgan fingerprint density at radius 1 is 1.10 bits per heavy atom. The van der Waals surface area contributed by atoms with Gasteiger partial charge in [-0.05, 0) is 42.0 Å². The molecule has 1 heterocycles. The van der Waals surface area contributed by atoms with Crippen LogP contribution in [0.5, 0.6) is 5.75 Å². The lowest BCUT2D eigenvalue weighted by molar-refractivity contribution is -0.129. The first kappa shape index (κ1) is 20.5. The summed E-state index contributed by atoms with van der Waals surface area (Å²) in [6.45, 7) is 0.475. The van der Waals surface area contributed by atoms with Crippen LogP contribution in [-0.4, -0.2) is 42.9 Å². The molecular formula is C22H23N3O3S. The summed E-state index contributed by atoms with van der Waals surface area (Å²) in [5.41, 5.74) is 3.32. The van der Waals surface area contributed by atoms with Gasteiger partial charge in [-0.25, -0.2) is 4.98 Å². The van der Waals surface area contributed by atoms with E-state index in [-0.39, 0.29) is 18.2 Å². The molecule has 0 aliphatic rings. The predicted molar refractivity (Wildman–Crippen MR) is 114 cm³/mol. The van der Waals surface area contributed by atoms with Gasteiger partial charge in [-0.1, -0.05) is 12.1 Å². The van der Waals surface area contributed by atoms with Crippen molar-refractivity contribution in [3.8, 4) is 16.3 Å². The molecule has 0 bridgehead atoms. The van der Waals surface area contributed by atoms with E-state index >= 15 is 0 Å². The fraction of sp³-hybridized carbons (Fsp3) is 0.227. The number of benzene rings is 2. The summed E-state index contributed by atoms with van der Waals surface area (Å²) in [7, 11) is 5.00. The lowest BCUT2D eigenvalue weighted by Gasteiger charge is -2.17. The fourth-order valence-corrected chi connectivity index (χ4v) is 3.64. The second kappa shape index (κ2) is 9.34. The number of aromatic nitrogens is 1. The molecule has 150 valence electrons. The van der Waals surface area contributed by atoms with E-state index in [1.165, 1.54) is 11.3 Å². The number of rotatable bonds is 7. The first-order valence-corrected chi connectivity index (χ1v) is 10.0. The predicted octanol–water partition coefficient (Wildman–Crippen LogP) is 3.38. The number of methoxy groups -OCH3 is 1. The van der Waals surface area contributed by atoms with Crippen LogP contribution in [0.3, 0.4) is 0 Å². The summed E-state index contributed by atoms with van der Waals surface area (Å²) in [6, 6.07) is 14.9. The van der Waals surface area contributed by atoms with E-state index in [9.17, 15) is 9.59 Å². The van der Waals surface area contributed by atoms with Crippen LogP contribution in [-0.2, 0) is 17.8 Å². The van der Waals surface area contributed by atoms with Gasteiger partial charge in [0, 0.05) is 37.1 Å². The van der Waals surface area contributed by atoms with Gasteiger partial charge in [0.25, 0.3) is 5.91 Å². The molecular weight excluding hydrogens is 386 g/mol. The fourth-order valence-electron chi connectivity index (χ4n) is 2.81. The lowest BCUT2D eigenvalue weighted by Crippen LogP contribution is -2.27. The summed E-state index contributed by atoms with van der Waals surface area (Å²) in [5.74, 6) is 0.662. The number of ether oxygens (including phenoxy) is 1. The summed E-state index contributed by atoms with van der Waals surface area (Å²) in [5, 5.41) is 5.39. The number of hydrogen-bond donors (Lipinski definition) is 1. The number of carbonyl (C=O) groups is 2. The monoisotopic (exact) mass is 409 g/mol. The average molecular weight is 410 g/mol. The van der Waals surface area contributed by atoms with Gasteiger partial charge in [-0.2, -0.15) is 0 Å². The van der Waals surface area contributed by atoms with Crippen LogP contribution in [0.25, 0.3) is 10.6 Å². The molecule has 0 aliphatic carbocycles. The van der Waals surface area contributed by atoms with Gasteiger partial charge in [0.1, 0.15) is 10.8 Å². The van der Waals surface area contributed by atoms with E-state index in [0.717, 1.165) is 27.6 Å². The number of hydrogen-bond acceptors (Lipinski definition) is 5. The number of carbonyl (C=O) groups excluding carboxylic acids is 2. The van der Waals surface area contributed by atoms with Crippen molar-refractivity contribution in [2.75, 3.05) is 21.2 Å². The smallest absolute Gasteiger partial charge is 0.251 e. The molecule has 7 heteroatoms. The average Bonchev–Trinajstić information content (AvgIpc) is 3.22. The zero-order valence-corrected chi connectivity index (χ0v) is 17.5. The topological polar surface area (TPSA) is 71.5 Å². The number of thiazole rings is 1. The van der Waals surface area contributed by atoms with Crippen molar-refractivity contribution < 1.29 is 14.3 Å². The van der Waals surface area contributed by atoms with Gasteiger partial charge in [0.05, 0.1) is 19.2 Å². The zero-order valence-electron chi connectivity index (χ0n) is 16.6. The second-order valence-electron chi connectivity index (χ2n) is 6.58. The summed E-state index contributed by atoms with van der Waals surface area (Å²) >= 11 is 1.52. The Bertz CT molecular complexity index is 981. The van der Waals surface area contributed by atoms with Crippen LogP contribution >= 0.6 is 11.3 Å². The van der Waals surface area contributed by atoms with E-state index < -0.39 is 0 Å². The molecule has 0 saturated carbocycles. The van der Waals surface area contributed by atoms with Crippen LogP contribution < -0.4 is 10.1 Å². The highest BCUT2D eigenvalue weighted by molar-refractivity contribution is 7.13. The molecule has 0 fully saturated rings. The zero-order chi connectivity index (χ0) is 20.8. The van der Waals surface area contributed by atoms with E-state index in [2.05, 4.69) is 10.3 Å². The van der Waals surface area contributed by atoms with Crippen molar-refractivity contribution >= 4 is 23.2 Å². The van der Waals surface area contributed by atoms with Crippen molar-refractivity contribution in [2.45, 2.75) is 13.0 Å². The van der Waals surface area contributed by atoms with Gasteiger partial charge < -0.3 is 15.0 Å². The molecule has 0 aliphatic heterocycles. The standard InChI is InChI=1S/C22H23N3O3S/c1-23-21(27)16-6-4-15(5-7-16)13-25(2)20(26)12-18-14-29-22(24-18)17-8-10-19(28-3)11-9-17/h4-11,14H,12-13H2,1-3H3,(H,23,27). The molecule has 0 spiro atoms. The quantitative estimate of drug-likeness (QED) is 0.649. The third kappa shape index (κ3) is 5.20. The Labute approximate surface area is 174 Å². The highest BCUT2D eigenvalue weighted by atomic mass is 32.1. The van der Waals surface area contributed by atoms with Crippen molar-refractivity contribution in [1.82, 2.24) is 15.2 Å². The Kier molecular flexibility index (Phi) is 6.61. The van der Waals surface area contributed by atoms with E-state index in [4.69, 9.17) is 4.74 Å². The van der Waals surface area contributed by atoms with Crippen molar-refractivity contribution in [3.63, 3.8) is 0 Å².